The number of aliphatic imine (C=N–C) groups is 1. The third kappa shape index (κ3) is 9.60. The van der Waals surface area contributed by atoms with Crippen molar-refractivity contribution >= 4 is 79.7 Å². The van der Waals surface area contributed by atoms with Crippen LogP contribution in [0.1, 0.15) is 82.8 Å². The number of aliphatic hydroxyl groups excluding tert-OH is 1. The second-order valence-corrected chi connectivity index (χ2v) is 18.0. The van der Waals surface area contributed by atoms with E-state index in [0.29, 0.717) is 22.9 Å². The maximum absolute atomic E-state index is 13.9. The number of carbonyl (C=O) groups excluding carboxylic acids is 5. The van der Waals surface area contributed by atoms with Crippen molar-refractivity contribution in [3.8, 4) is 0 Å². The number of hydrogen-bond donors (Lipinski definition) is 6. The summed E-state index contributed by atoms with van der Waals surface area (Å²) < 4.78 is 6.14. The Hall–Kier alpha value is -4.04. The molecule has 0 unspecified atom stereocenters. The Bertz CT molecular complexity index is 1890. The molecule has 6 rings (SSSR count). The van der Waals surface area contributed by atoms with E-state index in [-0.39, 0.29) is 40.6 Å². The third-order valence-electron chi connectivity index (χ3n) is 8.85. The van der Waals surface area contributed by atoms with Crippen molar-refractivity contribution in [3.63, 3.8) is 0 Å². The maximum atomic E-state index is 13.9. The molecule has 288 valence electrons. The summed E-state index contributed by atoms with van der Waals surface area (Å²) in [6, 6.07) is 3.86. The van der Waals surface area contributed by atoms with E-state index in [9.17, 15) is 29.1 Å². The van der Waals surface area contributed by atoms with Crippen molar-refractivity contribution in [2.75, 3.05) is 11.5 Å². The van der Waals surface area contributed by atoms with Crippen LogP contribution in [0.4, 0.5) is 0 Å². The van der Waals surface area contributed by atoms with Crippen LogP contribution in [0, 0.1) is 5.92 Å². The van der Waals surface area contributed by atoms with E-state index < -0.39 is 72.1 Å². The normalized spacial score (nSPS) is 27.6. The molecule has 0 aliphatic carbocycles. The van der Waals surface area contributed by atoms with E-state index in [0.717, 1.165) is 5.56 Å². The molecule has 0 fully saturated rings. The SMILES string of the molecule is CC(C)C[C@H]1NC(=O)[C@H]2N=C(O[C@@H]2C)[C@H]2CSSC[C@@H](NC(=O)c3csc1n3)C(=O)N[C@@H]([C@H](C)O)C(=O)N[C@H](Cc1ccccc1)c1nc(cs1)C(=O)N2. The molecule has 15 nitrogen and oxygen atoms in total. The van der Waals surface area contributed by atoms with Gasteiger partial charge in [0.15, 0.2) is 6.04 Å². The first-order valence-corrected chi connectivity index (χ1v) is 21.8. The van der Waals surface area contributed by atoms with Crippen LogP contribution in [0.5, 0.6) is 0 Å². The lowest BCUT2D eigenvalue weighted by Crippen LogP contribution is -2.58. The Kier molecular flexibility index (Phi) is 12.9. The van der Waals surface area contributed by atoms with Crippen LogP contribution in [0.2, 0.25) is 0 Å². The van der Waals surface area contributed by atoms with Gasteiger partial charge < -0.3 is 36.4 Å². The van der Waals surface area contributed by atoms with Crippen LogP contribution in [0.3, 0.4) is 0 Å². The number of carbonyl (C=O) groups is 5. The molecule has 5 heterocycles. The van der Waals surface area contributed by atoms with Crippen LogP contribution in [0.25, 0.3) is 0 Å². The van der Waals surface area contributed by atoms with Crippen LogP contribution in [-0.4, -0.2) is 98.4 Å². The molecule has 0 saturated heterocycles. The molecule has 6 N–H and O–H groups in total. The molecule has 5 amide bonds. The number of ether oxygens (including phenoxy) is 1. The highest BCUT2D eigenvalue weighted by Crippen LogP contribution is 2.29. The van der Waals surface area contributed by atoms with Crippen molar-refractivity contribution < 1.29 is 33.8 Å². The standard InChI is InChI=1S/C35H42N8O7S4/c1-16(2)10-20-34-40-22(12-51-34)28(45)38-24-14-53-54-15-25(33-43-27(18(4)50-33)32(49)36-20)39-29(46)23-13-52-35(41-23)21(11-19-8-6-5-7-9-19)37-31(48)26(17(3)44)42-30(24)47/h5-9,12-13,16-18,20-21,24-27,44H,10-11,14-15H2,1-4H3,(H,36,49)(H,37,48)(H,38,45)(H,39,46)(H,42,47)/t17-,18+,20+,21+,24+,25+,26-,27-/m0/s1. The monoisotopic (exact) mass is 814 g/mol. The highest BCUT2D eigenvalue weighted by molar-refractivity contribution is 8.76. The molecule has 3 aliphatic rings. The van der Waals surface area contributed by atoms with Gasteiger partial charge in [-0.1, -0.05) is 65.8 Å². The van der Waals surface area contributed by atoms with Crippen LogP contribution < -0.4 is 26.6 Å². The van der Waals surface area contributed by atoms with E-state index in [1.165, 1.54) is 51.2 Å². The fraction of sp³-hybridized carbons (Fsp3) is 0.486. The predicted molar refractivity (Wildman–Crippen MR) is 208 cm³/mol. The Balaban J connectivity index is 1.41. The Morgan fingerprint density at radius 1 is 0.778 bits per heavy atom. The van der Waals surface area contributed by atoms with Gasteiger partial charge in [-0.2, -0.15) is 0 Å². The van der Waals surface area contributed by atoms with Gasteiger partial charge in [0.25, 0.3) is 11.8 Å². The van der Waals surface area contributed by atoms with Gasteiger partial charge in [0.05, 0.1) is 18.2 Å². The molecule has 2 aromatic heterocycles. The molecule has 54 heavy (non-hydrogen) atoms. The summed E-state index contributed by atoms with van der Waals surface area (Å²) >= 11 is 2.39. The number of amides is 5. The molecule has 0 spiro atoms. The minimum atomic E-state index is -1.39. The molecule has 0 radical (unpaired) electrons. The largest absolute Gasteiger partial charge is 0.474 e. The molecule has 8 atom stereocenters. The molecule has 3 aliphatic heterocycles. The number of rotatable bonds is 5. The van der Waals surface area contributed by atoms with E-state index >= 15 is 0 Å². The van der Waals surface area contributed by atoms with Gasteiger partial charge in [0, 0.05) is 22.3 Å². The topological polar surface area (TPSA) is 213 Å². The Morgan fingerprint density at radius 3 is 2.00 bits per heavy atom. The van der Waals surface area contributed by atoms with Crippen molar-refractivity contribution in [2.24, 2.45) is 10.9 Å². The quantitative estimate of drug-likeness (QED) is 0.206. The van der Waals surface area contributed by atoms with Crippen LogP contribution in [0.15, 0.2) is 46.1 Å². The number of benzene rings is 1. The number of nitrogens with one attached hydrogen (secondary N) is 5. The third-order valence-corrected chi connectivity index (χ3v) is 13.2. The summed E-state index contributed by atoms with van der Waals surface area (Å²) in [4.78, 5) is 82.8. The lowest BCUT2D eigenvalue weighted by atomic mass is 10.0. The number of aliphatic hydroxyl groups is 1. The summed E-state index contributed by atoms with van der Waals surface area (Å²) in [5.74, 6) is -2.28. The van der Waals surface area contributed by atoms with Gasteiger partial charge in [-0.05, 0) is 38.2 Å². The van der Waals surface area contributed by atoms with E-state index in [1.807, 2.05) is 44.2 Å². The zero-order valence-electron chi connectivity index (χ0n) is 29.9. The maximum Gasteiger partial charge on any atom is 0.271 e. The van der Waals surface area contributed by atoms with Crippen LogP contribution in [-0.2, 0) is 25.5 Å². The summed E-state index contributed by atoms with van der Waals surface area (Å²) in [6.45, 7) is 7.14. The second-order valence-electron chi connectivity index (χ2n) is 13.7. The van der Waals surface area contributed by atoms with Gasteiger partial charge in [-0.15, -0.1) is 22.7 Å². The first-order valence-electron chi connectivity index (χ1n) is 17.5. The Morgan fingerprint density at radius 2 is 1.37 bits per heavy atom. The second kappa shape index (κ2) is 17.6. The van der Waals surface area contributed by atoms with E-state index in [2.05, 4.69) is 41.5 Å². The highest BCUT2D eigenvalue weighted by atomic mass is 33.1. The Labute approximate surface area is 328 Å². The first-order chi connectivity index (χ1) is 25.9. The minimum absolute atomic E-state index is 0.0438. The average Bonchev–Trinajstić information content (AvgIpc) is 3.90. The molecular formula is C35H42N8O7S4. The summed E-state index contributed by atoms with van der Waals surface area (Å²) in [6.07, 6.45) is -1.12. The zero-order chi connectivity index (χ0) is 38.5. The van der Waals surface area contributed by atoms with Crippen molar-refractivity contribution in [2.45, 2.75) is 89.0 Å². The van der Waals surface area contributed by atoms with Crippen molar-refractivity contribution in [1.29, 1.82) is 0 Å². The average molecular weight is 815 g/mol. The fourth-order valence-electron chi connectivity index (χ4n) is 6.05. The van der Waals surface area contributed by atoms with Gasteiger partial charge in [0.2, 0.25) is 23.6 Å². The lowest BCUT2D eigenvalue weighted by molar-refractivity contribution is -0.132. The first kappa shape index (κ1) is 39.6. The number of thiazole rings is 2. The summed E-state index contributed by atoms with van der Waals surface area (Å²) in [7, 11) is 2.53. The minimum Gasteiger partial charge on any atom is -0.474 e. The number of hydrogen-bond acceptors (Lipinski definition) is 14. The number of fused-ring (bicyclic) bond motifs is 11. The van der Waals surface area contributed by atoms with E-state index in [1.54, 1.807) is 17.7 Å². The van der Waals surface area contributed by atoms with Gasteiger partial charge in [0.1, 0.15) is 45.6 Å². The fourth-order valence-corrected chi connectivity index (χ4v) is 10.1. The summed E-state index contributed by atoms with van der Waals surface area (Å²) in [5, 5.41) is 29.2. The number of aromatic nitrogens is 2. The molecule has 0 saturated carbocycles. The zero-order valence-corrected chi connectivity index (χ0v) is 33.2. The van der Waals surface area contributed by atoms with E-state index in [4.69, 9.17) is 4.74 Å². The molecule has 3 aromatic rings. The highest BCUT2D eigenvalue weighted by Gasteiger charge is 2.39. The van der Waals surface area contributed by atoms with Gasteiger partial charge in [-0.3, -0.25) is 24.0 Å². The summed E-state index contributed by atoms with van der Waals surface area (Å²) in [5.41, 5.74) is 1.05. The lowest BCUT2D eigenvalue weighted by Gasteiger charge is -2.26. The van der Waals surface area contributed by atoms with Crippen molar-refractivity contribution in [1.82, 2.24) is 36.6 Å². The number of nitrogens with zero attached hydrogens (tertiary/aromatic N) is 3. The van der Waals surface area contributed by atoms with Crippen molar-refractivity contribution in [3.05, 3.63) is 68.1 Å². The van der Waals surface area contributed by atoms with Gasteiger partial charge >= 0.3 is 0 Å². The van der Waals surface area contributed by atoms with Gasteiger partial charge in [-0.25, -0.2) is 15.0 Å². The molecule has 8 bridgehead atoms. The van der Waals surface area contributed by atoms with Crippen LogP contribution >= 0.6 is 44.3 Å². The molecular weight excluding hydrogens is 773 g/mol. The predicted octanol–water partition coefficient (Wildman–Crippen LogP) is 2.56. The smallest absolute Gasteiger partial charge is 0.271 e. The molecule has 19 heteroatoms. The molecule has 1 aromatic carbocycles.